The summed E-state index contributed by atoms with van der Waals surface area (Å²) in [7, 11) is 2.98. The van der Waals surface area contributed by atoms with Crippen molar-refractivity contribution in [2.45, 2.75) is 18.9 Å². The summed E-state index contributed by atoms with van der Waals surface area (Å²) in [4.78, 5) is 0. The smallest absolute Gasteiger partial charge is 0.197 e. The zero-order valence-corrected chi connectivity index (χ0v) is 11.4. The normalized spacial score (nSPS) is 19.4. The van der Waals surface area contributed by atoms with Crippen molar-refractivity contribution in [2.24, 2.45) is 0 Å². The predicted octanol–water partition coefficient (Wildman–Crippen LogP) is 3.03. The molecule has 0 aliphatic carbocycles. The number of hydrogen-bond donors (Lipinski definition) is 1. The van der Waals surface area contributed by atoms with Gasteiger partial charge in [-0.2, -0.15) is 0 Å². The van der Waals surface area contributed by atoms with E-state index in [-0.39, 0.29) is 11.8 Å². The molecule has 1 aromatic carbocycles. The summed E-state index contributed by atoms with van der Waals surface area (Å²) in [5, 5.41) is 3.37. The lowest BCUT2D eigenvalue weighted by Crippen LogP contribution is -2.15. The molecule has 1 atom stereocenters. The Kier molecular flexibility index (Phi) is 3.89. The Labute approximate surface area is 108 Å². The largest absolute Gasteiger partial charge is 0.492 e. The summed E-state index contributed by atoms with van der Waals surface area (Å²) in [6.45, 7) is 0.972. The van der Waals surface area contributed by atoms with Gasteiger partial charge in [0.05, 0.1) is 14.2 Å². The van der Waals surface area contributed by atoms with Gasteiger partial charge in [-0.1, -0.05) is 15.9 Å². The molecule has 1 fully saturated rings. The Morgan fingerprint density at radius 1 is 1.35 bits per heavy atom. The van der Waals surface area contributed by atoms with E-state index >= 15 is 0 Å². The second-order valence-electron chi connectivity index (χ2n) is 3.97. The fraction of sp³-hybridized carbons (Fsp3) is 0.500. The van der Waals surface area contributed by atoms with E-state index in [1.54, 1.807) is 0 Å². The van der Waals surface area contributed by atoms with Crippen molar-refractivity contribution in [2.75, 3.05) is 20.8 Å². The van der Waals surface area contributed by atoms with E-state index in [0.717, 1.165) is 24.9 Å². The minimum Gasteiger partial charge on any atom is -0.492 e. The first-order valence-corrected chi connectivity index (χ1v) is 6.31. The van der Waals surface area contributed by atoms with Crippen LogP contribution in [0.4, 0.5) is 4.39 Å². The lowest BCUT2D eigenvalue weighted by Gasteiger charge is -2.19. The predicted molar refractivity (Wildman–Crippen MR) is 67.2 cm³/mol. The molecule has 0 saturated carbocycles. The van der Waals surface area contributed by atoms with Crippen LogP contribution in [0.25, 0.3) is 0 Å². The molecule has 1 saturated heterocycles. The molecule has 17 heavy (non-hydrogen) atoms. The number of ether oxygens (including phenoxy) is 2. The Hall–Kier alpha value is -0.810. The van der Waals surface area contributed by atoms with Crippen LogP contribution < -0.4 is 14.8 Å². The fourth-order valence-electron chi connectivity index (χ4n) is 2.24. The molecule has 1 unspecified atom stereocenters. The van der Waals surface area contributed by atoms with Gasteiger partial charge < -0.3 is 14.8 Å². The molecule has 0 aromatic heterocycles. The Morgan fingerprint density at radius 2 is 2.06 bits per heavy atom. The van der Waals surface area contributed by atoms with Gasteiger partial charge in [0, 0.05) is 16.1 Å². The summed E-state index contributed by atoms with van der Waals surface area (Å²) >= 11 is 3.40. The summed E-state index contributed by atoms with van der Waals surface area (Å²) in [6, 6.07) is 1.62. The lowest BCUT2D eigenvalue weighted by atomic mass is 10.0. The van der Waals surface area contributed by atoms with Crippen LogP contribution in [0.3, 0.4) is 0 Å². The monoisotopic (exact) mass is 303 g/mol. The Balaban J connectivity index is 2.55. The molecule has 5 heteroatoms. The lowest BCUT2D eigenvalue weighted by molar-refractivity contribution is 0.331. The molecule has 1 aliphatic rings. The number of hydrogen-bond acceptors (Lipinski definition) is 3. The highest BCUT2D eigenvalue weighted by Crippen LogP contribution is 2.43. The first-order valence-electron chi connectivity index (χ1n) is 5.52. The van der Waals surface area contributed by atoms with E-state index in [4.69, 9.17) is 9.47 Å². The zero-order chi connectivity index (χ0) is 12.4. The molecule has 0 bridgehead atoms. The first kappa shape index (κ1) is 12.6. The van der Waals surface area contributed by atoms with E-state index in [0.29, 0.717) is 10.2 Å². The molecule has 1 aromatic rings. The first-order chi connectivity index (χ1) is 8.19. The zero-order valence-electron chi connectivity index (χ0n) is 9.85. The third kappa shape index (κ3) is 2.26. The number of methoxy groups -OCH3 is 2. The van der Waals surface area contributed by atoms with Gasteiger partial charge in [-0.25, -0.2) is 4.39 Å². The van der Waals surface area contributed by atoms with Gasteiger partial charge >= 0.3 is 0 Å². The van der Waals surface area contributed by atoms with Gasteiger partial charge in [-0.15, -0.1) is 0 Å². The van der Waals surface area contributed by atoms with Crippen LogP contribution in [0.15, 0.2) is 10.5 Å². The van der Waals surface area contributed by atoms with Crippen LogP contribution in [0.2, 0.25) is 0 Å². The third-order valence-electron chi connectivity index (χ3n) is 3.00. The molecule has 1 heterocycles. The Bertz CT molecular complexity index is 419. The van der Waals surface area contributed by atoms with Crippen molar-refractivity contribution in [3.05, 3.63) is 21.9 Å². The number of rotatable bonds is 3. The van der Waals surface area contributed by atoms with E-state index in [2.05, 4.69) is 21.2 Å². The molecule has 2 rings (SSSR count). The molecule has 3 nitrogen and oxygen atoms in total. The summed E-state index contributed by atoms with van der Waals surface area (Å²) in [5.41, 5.74) is 0.934. The standard InChI is InChI=1S/C12H15BrFNO2/c1-16-11-8(14)6-7(13)10(12(11)17-2)9-4-3-5-15-9/h6,9,15H,3-5H2,1-2H3. The van der Waals surface area contributed by atoms with E-state index < -0.39 is 5.82 Å². The van der Waals surface area contributed by atoms with Gasteiger partial charge in [0.2, 0.25) is 0 Å². The molecule has 0 spiro atoms. The summed E-state index contributed by atoms with van der Waals surface area (Å²) in [6.07, 6.45) is 2.13. The van der Waals surface area contributed by atoms with Crippen LogP contribution in [0.5, 0.6) is 11.5 Å². The minimum atomic E-state index is -0.419. The number of nitrogens with one attached hydrogen (secondary N) is 1. The summed E-state index contributed by atoms with van der Waals surface area (Å²) in [5.74, 6) is 0.219. The fourth-order valence-corrected chi connectivity index (χ4v) is 2.90. The van der Waals surface area contributed by atoms with E-state index in [1.165, 1.54) is 20.3 Å². The molecular weight excluding hydrogens is 289 g/mol. The highest BCUT2D eigenvalue weighted by Gasteiger charge is 2.27. The molecular formula is C12H15BrFNO2. The molecule has 0 amide bonds. The molecule has 1 aliphatic heterocycles. The topological polar surface area (TPSA) is 30.5 Å². The van der Waals surface area contributed by atoms with Gasteiger partial charge in [0.25, 0.3) is 0 Å². The SMILES string of the molecule is COc1c(F)cc(Br)c(C2CCCN2)c1OC. The van der Waals surface area contributed by atoms with Crippen molar-refractivity contribution >= 4 is 15.9 Å². The minimum absolute atomic E-state index is 0.166. The maximum absolute atomic E-state index is 13.7. The van der Waals surface area contributed by atoms with Crippen LogP contribution in [-0.2, 0) is 0 Å². The quantitative estimate of drug-likeness (QED) is 0.931. The average molecular weight is 304 g/mol. The van der Waals surface area contributed by atoms with Crippen molar-refractivity contribution in [3.8, 4) is 11.5 Å². The molecule has 1 N–H and O–H groups in total. The average Bonchev–Trinajstić information content (AvgIpc) is 2.81. The van der Waals surface area contributed by atoms with Crippen LogP contribution >= 0.6 is 15.9 Å². The molecule has 94 valence electrons. The third-order valence-corrected chi connectivity index (χ3v) is 3.65. The number of halogens is 2. The van der Waals surface area contributed by atoms with Crippen LogP contribution in [0.1, 0.15) is 24.4 Å². The van der Waals surface area contributed by atoms with Gasteiger partial charge in [-0.05, 0) is 25.5 Å². The van der Waals surface area contributed by atoms with E-state index in [1.807, 2.05) is 0 Å². The van der Waals surface area contributed by atoms with E-state index in [9.17, 15) is 4.39 Å². The second-order valence-corrected chi connectivity index (χ2v) is 4.82. The van der Waals surface area contributed by atoms with Crippen molar-refractivity contribution < 1.29 is 13.9 Å². The number of benzene rings is 1. The van der Waals surface area contributed by atoms with Crippen molar-refractivity contribution in [1.29, 1.82) is 0 Å². The highest BCUT2D eigenvalue weighted by molar-refractivity contribution is 9.10. The van der Waals surface area contributed by atoms with Gasteiger partial charge in [0.1, 0.15) is 0 Å². The Morgan fingerprint density at radius 3 is 2.59 bits per heavy atom. The second kappa shape index (κ2) is 5.23. The molecule has 0 radical (unpaired) electrons. The van der Waals surface area contributed by atoms with Gasteiger partial charge in [-0.3, -0.25) is 0 Å². The maximum atomic E-state index is 13.7. The summed E-state index contributed by atoms with van der Waals surface area (Å²) < 4.78 is 24.8. The van der Waals surface area contributed by atoms with Crippen LogP contribution in [0, 0.1) is 5.82 Å². The highest BCUT2D eigenvalue weighted by atomic mass is 79.9. The van der Waals surface area contributed by atoms with Crippen LogP contribution in [-0.4, -0.2) is 20.8 Å². The maximum Gasteiger partial charge on any atom is 0.197 e. The van der Waals surface area contributed by atoms with Crippen molar-refractivity contribution in [3.63, 3.8) is 0 Å². The van der Waals surface area contributed by atoms with Gasteiger partial charge in [0.15, 0.2) is 17.3 Å². The van der Waals surface area contributed by atoms with Crippen molar-refractivity contribution in [1.82, 2.24) is 5.32 Å².